The second-order valence-electron chi connectivity index (χ2n) is 4.89. The van der Waals surface area contributed by atoms with Gasteiger partial charge in [-0.1, -0.05) is 0 Å². The predicted octanol–water partition coefficient (Wildman–Crippen LogP) is 2.54. The van der Waals surface area contributed by atoms with Crippen LogP contribution in [0.1, 0.15) is 23.4 Å². The first-order chi connectivity index (χ1) is 9.95. The fourth-order valence-electron chi connectivity index (χ4n) is 2.30. The molecule has 0 saturated heterocycles. The molecular formula is C13H14FN3O2S2. The van der Waals surface area contributed by atoms with E-state index in [4.69, 9.17) is 5.73 Å². The van der Waals surface area contributed by atoms with Gasteiger partial charge in [0.1, 0.15) is 10.7 Å². The fourth-order valence-corrected chi connectivity index (χ4v) is 4.65. The van der Waals surface area contributed by atoms with Crippen LogP contribution in [0.15, 0.2) is 23.1 Å². The minimum absolute atomic E-state index is 0.177. The minimum Gasteiger partial charge on any atom is -0.399 e. The molecule has 0 unspecified atom stereocenters. The van der Waals surface area contributed by atoms with Crippen LogP contribution in [0, 0.1) is 5.82 Å². The highest BCUT2D eigenvalue weighted by Crippen LogP contribution is 2.31. The van der Waals surface area contributed by atoms with Gasteiger partial charge in [0.05, 0.1) is 5.69 Å². The molecule has 5 nitrogen and oxygen atoms in total. The first-order valence-electron chi connectivity index (χ1n) is 6.52. The first kappa shape index (κ1) is 14.3. The van der Waals surface area contributed by atoms with Crippen molar-refractivity contribution in [3.8, 4) is 0 Å². The summed E-state index contributed by atoms with van der Waals surface area (Å²) >= 11 is 1.32. The topological polar surface area (TPSA) is 85.1 Å². The number of nitrogens with one attached hydrogen (secondary N) is 1. The summed E-state index contributed by atoms with van der Waals surface area (Å²) in [4.78, 5) is 4.97. The second-order valence-corrected chi connectivity index (χ2v) is 7.63. The van der Waals surface area contributed by atoms with Crippen LogP contribution in [-0.4, -0.2) is 13.4 Å². The normalized spacial score (nSPS) is 14.7. The quantitative estimate of drug-likeness (QED) is 0.848. The summed E-state index contributed by atoms with van der Waals surface area (Å²) < 4.78 is 40.6. The van der Waals surface area contributed by atoms with Crippen LogP contribution in [0.5, 0.6) is 0 Å². The van der Waals surface area contributed by atoms with Gasteiger partial charge >= 0.3 is 0 Å². The lowest BCUT2D eigenvalue weighted by atomic mass is 10.0. The number of halogens is 1. The Bertz CT molecular complexity index is 763. The molecular weight excluding hydrogens is 313 g/mol. The third-order valence-corrected chi connectivity index (χ3v) is 5.89. The molecule has 21 heavy (non-hydrogen) atoms. The highest BCUT2D eigenvalue weighted by atomic mass is 32.2. The standard InChI is InChI=1S/C13H14FN3O2S2/c14-9-7-8(15)5-6-12(9)21(18,19)17-13-16-10-3-1-2-4-11(10)20-13/h5-7H,1-4,15H2,(H,16,17). The van der Waals surface area contributed by atoms with Gasteiger partial charge in [0.15, 0.2) is 5.13 Å². The SMILES string of the molecule is Nc1ccc(S(=O)(=O)Nc2nc3c(s2)CCCC3)c(F)c1. The van der Waals surface area contributed by atoms with Crippen LogP contribution in [0.4, 0.5) is 15.2 Å². The Morgan fingerprint density at radius 1 is 1.29 bits per heavy atom. The molecule has 1 aromatic heterocycles. The van der Waals surface area contributed by atoms with Gasteiger partial charge in [0.25, 0.3) is 10.0 Å². The molecule has 1 aliphatic rings. The lowest BCUT2D eigenvalue weighted by molar-refractivity contribution is 0.571. The molecule has 0 amide bonds. The van der Waals surface area contributed by atoms with Crippen LogP contribution >= 0.6 is 11.3 Å². The van der Waals surface area contributed by atoms with Crippen molar-refractivity contribution in [1.29, 1.82) is 0 Å². The minimum atomic E-state index is -3.99. The van der Waals surface area contributed by atoms with E-state index in [1.165, 1.54) is 17.4 Å². The second kappa shape index (κ2) is 5.27. The molecule has 1 aromatic carbocycles. The molecule has 1 heterocycles. The van der Waals surface area contributed by atoms with Crippen molar-refractivity contribution in [3.63, 3.8) is 0 Å². The number of sulfonamides is 1. The van der Waals surface area contributed by atoms with E-state index in [1.54, 1.807) is 0 Å². The van der Waals surface area contributed by atoms with Crippen LogP contribution in [0.3, 0.4) is 0 Å². The summed E-state index contributed by atoms with van der Waals surface area (Å²) in [6, 6.07) is 3.49. The number of nitrogens with two attached hydrogens (primary N) is 1. The van der Waals surface area contributed by atoms with E-state index < -0.39 is 20.7 Å². The van der Waals surface area contributed by atoms with Gasteiger partial charge in [-0.25, -0.2) is 17.8 Å². The van der Waals surface area contributed by atoms with Crippen molar-refractivity contribution in [2.75, 3.05) is 10.5 Å². The predicted molar refractivity (Wildman–Crippen MR) is 80.4 cm³/mol. The number of aryl methyl sites for hydroxylation is 2. The third-order valence-electron chi connectivity index (χ3n) is 3.31. The van der Waals surface area contributed by atoms with Gasteiger partial charge in [-0.3, -0.25) is 4.72 Å². The van der Waals surface area contributed by atoms with E-state index >= 15 is 0 Å². The van der Waals surface area contributed by atoms with Crippen LogP contribution in [0.2, 0.25) is 0 Å². The van der Waals surface area contributed by atoms with Crippen LogP contribution in [0.25, 0.3) is 0 Å². The van der Waals surface area contributed by atoms with Crippen molar-refractivity contribution in [3.05, 3.63) is 34.6 Å². The summed E-state index contributed by atoms with van der Waals surface area (Å²) in [6.45, 7) is 0. The summed E-state index contributed by atoms with van der Waals surface area (Å²) in [5.41, 5.74) is 6.55. The Labute approximate surface area is 126 Å². The smallest absolute Gasteiger partial charge is 0.266 e. The first-order valence-corrected chi connectivity index (χ1v) is 8.82. The third kappa shape index (κ3) is 2.86. The van der Waals surface area contributed by atoms with E-state index in [1.807, 2.05) is 0 Å². The number of hydrogen-bond acceptors (Lipinski definition) is 5. The van der Waals surface area contributed by atoms with Gasteiger partial charge in [-0.15, -0.1) is 11.3 Å². The van der Waals surface area contributed by atoms with Gasteiger partial charge < -0.3 is 5.73 Å². The fraction of sp³-hybridized carbons (Fsp3) is 0.308. The van der Waals surface area contributed by atoms with Crippen LogP contribution in [-0.2, 0) is 22.9 Å². The zero-order chi connectivity index (χ0) is 15.0. The molecule has 2 aromatic rings. The van der Waals surface area contributed by atoms with Crippen molar-refractivity contribution in [2.45, 2.75) is 30.6 Å². The highest BCUT2D eigenvalue weighted by Gasteiger charge is 2.22. The number of nitrogens with zero attached hydrogens (tertiary/aromatic N) is 1. The number of fused-ring (bicyclic) bond motifs is 1. The largest absolute Gasteiger partial charge is 0.399 e. The monoisotopic (exact) mass is 327 g/mol. The van der Waals surface area contributed by atoms with Gasteiger partial charge in [-0.05, 0) is 43.9 Å². The number of nitrogen functional groups attached to an aromatic ring is 1. The maximum Gasteiger partial charge on any atom is 0.266 e. The molecule has 3 rings (SSSR count). The lowest BCUT2D eigenvalue weighted by Gasteiger charge is -2.06. The summed E-state index contributed by atoms with van der Waals surface area (Å²) in [5, 5.41) is 0.290. The Kier molecular flexibility index (Phi) is 3.58. The van der Waals surface area contributed by atoms with E-state index in [0.717, 1.165) is 48.4 Å². The molecule has 0 fully saturated rings. The van der Waals surface area contributed by atoms with Gasteiger partial charge in [-0.2, -0.15) is 0 Å². The highest BCUT2D eigenvalue weighted by molar-refractivity contribution is 7.93. The van der Waals surface area contributed by atoms with Crippen molar-refractivity contribution >= 4 is 32.2 Å². The summed E-state index contributed by atoms with van der Waals surface area (Å²) in [7, 11) is -3.99. The van der Waals surface area contributed by atoms with E-state index in [2.05, 4.69) is 9.71 Å². The van der Waals surface area contributed by atoms with Crippen molar-refractivity contribution in [1.82, 2.24) is 4.98 Å². The van der Waals surface area contributed by atoms with E-state index in [0.29, 0.717) is 0 Å². The Morgan fingerprint density at radius 2 is 2.05 bits per heavy atom. The Hall–Kier alpha value is -1.67. The van der Waals surface area contributed by atoms with Crippen molar-refractivity contribution < 1.29 is 12.8 Å². The molecule has 0 aliphatic heterocycles. The van der Waals surface area contributed by atoms with E-state index in [9.17, 15) is 12.8 Å². The Balaban J connectivity index is 1.90. The molecule has 112 valence electrons. The van der Waals surface area contributed by atoms with Crippen LogP contribution < -0.4 is 10.5 Å². The van der Waals surface area contributed by atoms with Crippen molar-refractivity contribution in [2.24, 2.45) is 0 Å². The molecule has 3 N–H and O–H groups in total. The molecule has 0 bridgehead atoms. The average Bonchev–Trinajstić information content (AvgIpc) is 2.79. The molecule has 8 heteroatoms. The average molecular weight is 327 g/mol. The molecule has 0 spiro atoms. The van der Waals surface area contributed by atoms with E-state index in [-0.39, 0.29) is 10.8 Å². The number of anilines is 2. The number of thiazole rings is 1. The lowest BCUT2D eigenvalue weighted by Crippen LogP contribution is -2.14. The maximum absolute atomic E-state index is 13.8. The number of aromatic nitrogens is 1. The maximum atomic E-state index is 13.8. The molecule has 0 atom stereocenters. The molecule has 0 saturated carbocycles. The zero-order valence-electron chi connectivity index (χ0n) is 11.1. The number of hydrogen-bond donors (Lipinski definition) is 2. The summed E-state index contributed by atoms with van der Waals surface area (Å²) in [6.07, 6.45) is 3.94. The molecule has 0 radical (unpaired) electrons. The number of benzene rings is 1. The Morgan fingerprint density at radius 3 is 2.76 bits per heavy atom. The zero-order valence-corrected chi connectivity index (χ0v) is 12.7. The number of rotatable bonds is 3. The molecule has 1 aliphatic carbocycles. The van der Waals surface area contributed by atoms with Gasteiger partial charge in [0, 0.05) is 10.6 Å². The van der Waals surface area contributed by atoms with Gasteiger partial charge in [0.2, 0.25) is 0 Å². The summed E-state index contributed by atoms with van der Waals surface area (Å²) in [5.74, 6) is -0.871.